The minimum atomic E-state index is -0.312. The molecule has 0 spiro atoms. The second-order valence-corrected chi connectivity index (χ2v) is 2.69. The second kappa shape index (κ2) is 2.88. The van der Waals surface area contributed by atoms with Gasteiger partial charge in [0.2, 0.25) is 0 Å². The highest BCUT2D eigenvalue weighted by Gasteiger charge is 2.27. The van der Waals surface area contributed by atoms with Crippen LogP contribution < -0.4 is 11.5 Å². The summed E-state index contributed by atoms with van der Waals surface area (Å²) in [5, 5.41) is 0. The predicted octanol–water partition coefficient (Wildman–Crippen LogP) is -0.654. The van der Waals surface area contributed by atoms with Gasteiger partial charge >= 0.3 is 6.03 Å². The summed E-state index contributed by atoms with van der Waals surface area (Å²) in [6.45, 7) is 2.30. The van der Waals surface area contributed by atoms with Crippen LogP contribution in [0.3, 0.4) is 0 Å². The summed E-state index contributed by atoms with van der Waals surface area (Å²) in [6.07, 6.45) is 1.00. The zero-order chi connectivity index (χ0) is 7.56. The molecule has 1 rings (SSSR count). The number of primary amides is 1. The summed E-state index contributed by atoms with van der Waals surface area (Å²) in [4.78, 5) is 12.1. The van der Waals surface area contributed by atoms with Crippen molar-refractivity contribution in [3.63, 3.8) is 0 Å². The van der Waals surface area contributed by atoms with Gasteiger partial charge in [-0.25, -0.2) is 4.79 Å². The Morgan fingerprint density at radius 3 is 2.60 bits per heavy atom. The van der Waals surface area contributed by atoms with Gasteiger partial charge in [0.25, 0.3) is 0 Å². The Morgan fingerprint density at radius 1 is 1.60 bits per heavy atom. The highest BCUT2D eigenvalue weighted by atomic mass is 16.2. The quantitative estimate of drug-likeness (QED) is 0.539. The Labute approximate surface area is 60.2 Å². The lowest BCUT2D eigenvalue weighted by molar-refractivity contribution is 0.124. The van der Waals surface area contributed by atoms with Crippen LogP contribution in [0.2, 0.25) is 0 Å². The van der Waals surface area contributed by atoms with Gasteiger partial charge in [0, 0.05) is 13.1 Å². The number of likely N-dealkylation sites (tertiary alicyclic amines) is 1. The van der Waals surface area contributed by atoms with Gasteiger partial charge in [-0.05, 0) is 18.9 Å². The van der Waals surface area contributed by atoms with Gasteiger partial charge in [0.1, 0.15) is 0 Å². The molecule has 4 N–H and O–H groups in total. The highest BCUT2D eigenvalue weighted by Crippen LogP contribution is 2.16. The van der Waals surface area contributed by atoms with Crippen molar-refractivity contribution in [2.45, 2.75) is 6.42 Å². The average Bonchev–Trinajstić information content (AvgIpc) is 1.76. The van der Waals surface area contributed by atoms with E-state index in [0.29, 0.717) is 12.5 Å². The molecule has 58 valence electrons. The third-order valence-electron chi connectivity index (χ3n) is 1.84. The van der Waals surface area contributed by atoms with E-state index in [2.05, 4.69) is 0 Å². The molecule has 1 aliphatic heterocycles. The molecule has 0 atom stereocenters. The van der Waals surface area contributed by atoms with Crippen molar-refractivity contribution in [2.75, 3.05) is 19.6 Å². The van der Waals surface area contributed by atoms with Crippen LogP contribution in [0, 0.1) is 5.92 Å². The third-order valence-corrected chi connectivity index (χ3v) is 1.84. The molecule has 1 heterocycles. The first-order valence-electron chi connectivity index (χ1n) is 3.48. The summed E-state index contributed by atoms with van der Waals surface area (Å²) in [6, 6.07) is -0.312. The first kappa shape index (κ1) is 7.34. The zero-order valence-electron chi connectivity index (χ0n) is 5.92. The second-order valence-electron chi connectivity index (χ2n) is 2.69. The van der Waals surface area contributed by atoms with Crippen LogP contribution in [0.1, 0.15) is 6.42 Å². The summed E-state index contributed by atoms with van der Waals surface area (Å²) in [5.41, 5.74) is 10.3. The molecule has 0 aromatic carbocycles. The van der Waals surface area contributed by atoms with E-state index in [9.17, 15) is 4.79 Å². The maximum Gasteiger partial charge on any atom is 0.314 e. The van der Waals surface area contributed by atoms with Gasteiger partial charge in [0.15, 0.2) is 0 Å². The van der Waals surface area contributed by atoms with Crippen LogP contribution in [0.15, 0.2) is 0 Å². The number of nitrogens with two attached hydrogens (primary N) is 2. The first-order chi connectivity index (χ1) is 4.74. The fourth-order valence-electron chi connectivity index (χ4n) is 1.17. The first-order valence-corrected chi connectivity index (χ1v) is 3.48. The van der Waals surface area contributed by atoms with Gasteiger partial charge in [0.05, 0.1) is 0 Å². The van der Waals surface area contributed by atoms with Crippen molar-refractivity contribution in [1.29, 1.82) is 0 Å². The predicted molar refractivity (Wildman–Crippen MR) is 38.3 cm³/mol. The van der Waals surface area contributed by atoms with Crippen molar-refractivity contribution in [2.24, 2.45) is 17.4 Å². The molecule has 4 nitrogen and oxygen atoms in total. The normalized spacial score (nSPS) is 18.7. The van der Waals surface area contributed by atoms with Crippen LogP contribution in [-0.4, -0.2) is 30.6 Å². The molecule has 1 aliphatic rings. The molecule has 1 fully saturated rings. The molecule has 0 bridgehead atoms. The fraction of sp³-hybridized carbons (Fsp3) is 0.833. The van der Waals surface area contributed by atoms with Crippen LogP contribution in [0.4, 0.5) is 4.79 Å². The van der Waals surface area contributed by atoms with Crippen molar-refractivity contribution in [1.82, 2.24) is 4.90 Å². The number of hydrogen-bond acceptors (Lipinski definition) is 2. The summed E-state index contributed by atoms with van der Waals surface area (Å²) >= 11 is 0. The van der Waals surface area contributed by atoms with Gasteiger partial charge in [-0.2, -0.15) is 0 Å². The van der Waals surface area contributed by atoms with Gasteiger partial charge in [-0.3, -0.25) is 0 Å². The summed E-state index contributed by atoms with van der Waals surface area (Å²) in [7, 11) is 0. The number of urea groups is 1. The molecular weight excluding hydrogens is 130 g/mol. The summed E-state index contributed by atoms with van der Waals surface area (Å²) < 4.78 is 0. The lowest BCUT2D eigenvalue weighted by atomic mass is 9.97. The van der Waals surface area contributed by atoms with Crippen LogP contribution in [0.25, 0.3) is 0 Å². The van der Waals surface area contributed by atoms with E-state index in [1.54, 1.807) is 4.90 Å². The van der Waals surface area contributed by atoms with E-state index in [0.717, 1.165) is 19.5 Å². The molecule has 0 aromatic heterocycles. The molecule has 10 heavy (non-hydrogen) atoms. The monoisotopic (exact) mass is 143 g/mol. The Morgan fingerprint density at radius 2 is 2.20 bits per heavy atom. The molecule has 0 saturated carbocycles. The lowest BCUT2D eigenvalue weighted by Crippen LogP contribution is -2.52. The number of carbonyl (C=O) groups excluding carboxylic acids is 1. The van der Waals surface area contributed by atoms with Crippen molar-refractivity contribution < 1.29 is 4.79 Å². The maximum absolute atomic E-state index is 10.4. The molecule has 0 aromatic rings. The van der Waals surface area contributed by atoms with E-state index >= 15 is 0 Å². The molecule has 4 heteroatoms. The molecule has 0 radical (unpaired) electrons. The Bertz CT molecular complexity index is 131. The standard InChI is InChI=1S/C6H13N3O/c7-2-1-5-3-9(4-5)6(8)10/h5H,1-4,7H2,(H2,8,10). The average molecular weight is 143 g/mol. The molecular formula is C6H13N3O. The number of carbonyl (C=O) groups is 1. The van der Waals surface area contributed by atoms with Crippen LogP contribution in [-0.2, 0) is 0 Å². The zero-order valence-corrected chi connectivity index (χ0v) is 5.92. The van der Waals surface area contributed by atoms with E-state index in [4.69, 9.17) is 11.5 Å². The van der Waals surface area contributed by atoms with E-state index in [1.807, 2.05) is 0 Å². The summed E-state index contributed by atoms with van der Waals surface area (Å²) in [5.74, 6) is 0.595. The van der Waals surface area contributed by atoms with E-state index in [-0.39, 0.29) is 6.03 Å². The van der Waals surface area contributed by atoms with Crippen LogP contribution in [0.5, 0.6) is 0 Å². The molecule has 1 saturated heterocycles. The van der Waals surface area contributed by atoms with Crippen LogP contribution >= 0.6 is 0 Å². The Kier molecular flexibility index (Phi) is 2.11. The van der Waals surface area contributed by atoms with Crippen molar-refractivity contribution in [3.05, 3.63) is 0 Å². The Hall–Kier alpha value is -0.770. The number of nitrogens with zero attached hydrogens (tertiary/aromatic N) is 1. The Balaban J connectivity index is 2.12. The molecule has 0 unspecified atom stereocenters. The van der Waals surface area contributed by atoms with Crippen molar-refractivity contribution in [3.8, 4) is 0 Å². The number of hydrogen-bond donors (Lipinski definition) is 2. The van der Waals surface area contributed by atoms with Crippen molar-refractivity contribution >= 4 is 6.03 Å². The molecule has 0 aliphatic carbocycles. The third kappa shape index (κ3) is 1.39. The fourth-order valence-corrected chi connectivity index (χ4v) is 1.17. The minimum Gasteiger partial charge on any atom is -0.351 e. The van der Waals surface area contributed by atoms with E-state index < -0.39 is 0 Å². The van der Waals surface area contributed by atoms with Gasteiger partial charge in [-0.1, -0.05) is 0 Å². The molecule has 2 amide bonds. The maximum atomic E-state index is 10.4. The number of amides is 2. The van der Waals surface area contributed by atoms with E-state index in [1.165, 1.54) is 0 Å². The van der Waals surface area contributed by atoms with Gasteiger partial charge < -0.3 is 16.4 Å². The SMILES string of the molecule is NCCC1CN(C(N)=O)C1. The highest BCUT2D eigenvalue weighted by molar-refractivity contribution is 5.72. The lowest BCUT2D eigenvalue weighted by Gasteiger charge is -2.37. The minimum absolute atomic E-state index is 0.312. The topological polar surface area (TPSA) is 72.3 Å². The largest absolute Gasteiger partial charge is 0.351 e. The number of rotatable bonds is 2. The van der Waals surface area contributed by atoms with Gasteiger partial charge in [-0.15, -0.1) is 0 Å². The smallest absolute Gasteiger partial charge is 0.314 e.